The van der Waals surface area contributed by atoms with E-state index in [-0.39, 0.29) is 30.0 Å². The summed E-state index contributed by atoms with van der Waals surface area (Å²) in [4.78, 5) is 13.2. The molecule has 7 rings (SSSR count). The molecular formula is C26H27NO9. The van der Waals surface area contributed by atoms with Crippen LogP contribution in [-0.4, -0.2) is 67.3 Å². The number of ether oxygens (including phenoxy) is 6. The third-order valence-electron chi connectivity index (χ3n) is 8.87. The van der Waals surface area contributed by atoms with Crippen LogP contribution in [0.15, 0.2) is 30.3 Å². The summed E-state index contributed by atoms with van der Waals surface area (Å²) in [5.41, 5.74) is 0.988. The third-order valence-corrected chi connectivity index (χ3v) is 8.87. The molecule has 2 aromatic rings. The van der Waals surface area contributed by atoms with Gasteiger partial charge in [-0.3, -0.25) is 0 Å². The zero-order valence-corrected chi connectivity index (χ0v) is 19.9. The molecule has 190 valence electrons. The minimum atomic E-state index is -1.44. The highest BCUT2D eigenvalue weighted by Gasteiger charge is 2.81. The van der Waals surface area contributed by atoms with Gasteiger partial charge in [-0.25, -0.2) is 4.79 Å². The first kappa shape index (κ1) is 22.2. The van der Waals surface area contributed by atoms with Crippen molar-refractivity contribution in [2.75, 3.05) is 27.6 Å². The lowest BCUT2D eigenvalue weighted by Crippen LogP contribution is -2.77. The highest BCUT2D eigenvalue weighted by atomic mass is 16.7. The molecule has 0 aromatic heterocycles. The van der Waals surface area contributed by atoms with E-state index in [1.807, 2.05) is 12.1 Å². The SMILES string of the molecule is COc1cc(C(=O)O[C@H]2C[C@]34CCN[C@@]35C[C@H](O[C@]5(OC)[C@@H]2O)c2cc3c(cc24)OCO3)ccc1O. The second kappa shape index (κ2) is 7.25. The second-order valence-corrected chi connectivity index (χ2v) is 10.1. The summed E-state index contributed by atoms with van der Waals surface area (Å²) in [6, 6.07) is 8.22. The van der Waals surface area contributed by atoms with E-state index in [2.05, 4.69) is 5.32 Å². The second-order valence-electron chi connectivity index (χ2n) is 10.1. The summed E-state index contributed by atoms with van der Waals surface area (Å²) < 4.78 is 35.1. The number of methoxy groups -OCH3 is 2. The first-order chi connectivity index (χ1) is 17.4. The first-order valence-corrected chi connectivity index (χ1v) is 12.1. The van der Waals surface area contributed by atoms with Gasteiger partial charge in [0, 0.05) is 18.9 Å². The molecule has 2 aromatic carbocycles. The predicted molar refractivity (Wildman–Crippen MR) is 122 cm³/mol. The molecule has 2 aliphatic carbocycles. The Kier molecular flexibility index (Phi) is 4.47. The molecule has 0 amide bonds. The molecule has 6 atom stereocenters. The highest BCUT2D eigenvalue weighted by Crippen LogP contribution is 2.70. The van der Waals surface area contributed by atoms with Gasteiger partial charge in [0.05, 0.1) is 24.3 Å². The number of esters is 1. The van der Waals surface area contributed by atoms with E-state index >= 15 is 0 Å². The van der Waals surface area contributed by atoms with Crippen molar-refractivity contribution >= 4 is 5.97 Å². The van der Waals surface area contributed by atoms with Crippen molar-refractivity contribution in [3.8, 4) is 23.0 Å². The molecule has 1 spiro atoms. The van der Waals surface area contributed by atoms with Gasteiger partial charge in [-0.1, -0.05) is 0 Å². The normalized spacial score (nSPS) is 36.8. The smallest absolute Gasteiger partial charge is 0.338 e. The molecule has 2 bridgehead atoms. The molecule has 0 radical (unpaired) electrons. The molecule has 2 saturated heterocycles. The molecule has 3 fully saturated rings. The van der Waals surface area contributed by atoms with E-state index in [0.29, 0.717) is 30.9 Å². The lowest BCUT2D eigenvalue weighted by atomic mass is 9.51. The maximum Gasteiger partial charge on any atom is 0.338 e. The number of aromatic hydroxyl groups is 1. The number of aliphatic hydroxyl groups excluding tert-OH is 1. The number of hydrogen-bond acceptors (Lipinski definition) is 10. The number of hydrogen-bond donors (Lipinski definition) is 3. The van der Waals surface area contributed by atoms with E-state index in [1.54, 1.807) is 0 Å². The largest absolute Gasteiger partial charge is 0.504 e. The molecule has 3 heterocycles. The predicted octanol–water partition coefficient (Wildman–Crippen LogP) is 1.91. The van der Waals surface area contributed by atoms with Crippen LogP contribution in [0.2, 0.25) is 0 Å². The van der Waals surface area contributed by atoms with Gasteiger partial charge in [0.2, 0.25) is 12.6 Å². The fourth-order valence-corrected chi connectivity index (χ4v) is 7.41. The van der Waals surface area contributed by atoms with Gasteiger partial charge in [-0.15, -0.1) is 0 Å². The molecule has 5 aliphatic rings. The van der Waals surface area contributed by atoms with E-state index in [0.717, 1.165) is 17.5 Å². The van der Waals surface area contributed by atoms with E-state index in [4.69, 9.17) is 28.4 Å². The van der Waals surface area contributed by atoms with Crippen molar-refractivity contribution in [2.24, 2.45) is 0 Å². The molecule has 3 N–H and O–H groups in total. The van der Waals surface area contributed by atoms with E-state index in [1.165, 1.54) is 32.4 Å². The van der Waals surface area contributed by atoms with Crippen LogP contribution in [0.4, 0.5) is 0 Å². The van der Waals surface area contributed by atoms with Crippen LogP contribution in [0.1, 0.15) is 46.9 Å². The van der Waals surface area contributed by atoms with Crippen LogP contribution < -0.4 is 19.5 Å². The first-order valence-electron chi connectivity index (χ1n) is 12.1. The topological polar surface area (TPSA) is 125 Å². The van der Waals surface area contributed by atoms with Crippen LogP contribution in [-0.2, 0) is 19.6 Å². The summed E-state index contributed by atoms with van der Waals surface area (Å²) in [5, 5.41) is 25.2. The summed E-state index contributed by atoms with van der Waals surface area (Å²) in [5.74, 6) is -0.665. The average molecular weight is 498 g/mol. The number of carbonyl (C=O) groups excluding carboxylic acids is 1. The summed E-state index contributed by atoms with van der Waals surface area (Å²) in [6.45, 7) is 0.856. The number of phenols is 1. The van der Waals surface area contributed by atoms with Gasteiger partial charge >= 0.3 is 5.97 Å². The number of carbonyl (C=O) groups is 1. The van der Waals surface area contributed by atoms with Crippen LogP contribution in [0.5, 0.6) is 23.0 Å². The maximum absolute atomic E-state index is 13.2. The van der Waals surface area contributed by atoms with Crippen molar-refractivity contribution in [3.05, 3.63) is 47.0 Å². The Morgan fingerprint density at radius 2 is 1.94 bits per heavy atom. The number of aliphatic hydroxyl groups is 1. The zero-order chi connectivity index (χ0) is 24.9. The lowest BCUT2D eigenvalue weighted by Gasteiger charge is -2.59. The quantitative estimate of drug-likeness (QED) is 0.540. The Hall–Kier alpha value is -3.05. The van der Waals surface area contributed by atoms with E-state index in [9.17, 15) is 15.0 Å². The minimum absolute atomic E-state index is 0.0857. The Balaban J connectivity index is 1.33. The van der Waals surface area contributed by atoms with Gasteiger partial charge in [-0.2, -0.15) is 0 Å². The highest BCUT2D eigenvalue weighted by molar-refractivity contribution is 5.90. The van der Waals surface area contributed by atoms with Crippen LogP contribution in [0.3, 0.4) is 0 Å². The summed E-state index contributed by atoms with van der Waals surface area (Å²) in [6.07, 6.45) is -0.771. The number of rotatable bonds is 4. The van der Waals surface area contributed by atoms with E-state index < -0.39 is 34.9 Å². The van der Waals surface area contributed by atoms with Crippen LogP contribution in [0.25, 0.3) is 0 Å². The van der Waals surface area contributed by atoms with Crippen LogP contribution in [0, 0.1) is 0 Å². The molecule has 3 aliphatic heterocycles. The lowest BCUT2D eigenvalue weighted by molar-refractivity contribution is -0.322. The Bertz CT molecular complexity index is 1280. The Labute approximate surface area is 207 Å². The number of fused-ring (bicyclic) bond motifs is 4. The number of phenolic OH excluding ortho intramolecular Hbond substituents is 1. The summed E-state index contributed by atoms with van der Waals surface area (Å²) in [7, 11) is 2.93. The maximum atomic E-state index is 13.2. The molecule has 10 nitrogen and oxygen atoms in total. The van der Waals surface area contributed by atoms with Gasteiger partial charge in [0.15, 0.2) is 23.0 Å². The average Bonchev–Trinajstić information content (AvgIpc) is 3.59. The fraction of sp³-hybridized carbons (Fsp3) is 0.500. The van der Waals surface area contributed by atoms with Gasteiger partial charge < -0.3 is 44.0 Å². The Morgan fingerprint density at radius 3 is 2.72 bits per heavy atom. The molecular weight excluding hydrogens is 470 g/mol. The van der Waals surface area contributed by atoms with Gasteiger partial charge in [0.25, 0.3) is 0 Å². The monoisotopic (exact) mass is 497 g/mol. The minimum Gasteiger partial charge on any atom is -0.504 e. The molecule has 10 heteroatoms. The van der Waals surface area contributed by atoms with Gasteiger partial charge in [-0.05, 0) is 60.8 Å². The molecule has 0 unspecified atom stereocenters. The number of benzene rings is 2. The fourth-order valence-electron chi connectivity index (χ4n) is 7.41. The molecule has 36 heavy (non-hydrogen) atoms. The number of nitrogens with one attached hydrogen (secondary N) is 1. The molecule has 1 saturated carbocycles. The standard InChI is InChI=1S/C26H27NO9/c1-31-17-7-13(3-4-16(17)28)23(30)35-21-10-24-5-6-27-25(24)11-20(36-26(25,32-2)22(21)29)14-8-18-19(9-15(14)24)34-12-33-18/h3-4,7-9,20-22,27-29H,5-6,10-12H2,1-2H3/t20-,21-,22+,24-,25-,26+/m0/s1. The summed E-state index contributed by atoms with van der Waals surface area (Å²) >= 11 is 0. The van der Waals surface area contributed by atoms with Crippen molar-refractivity contribution in [1.82, 2.24) is 5.32 Å². The van der Waals surface area contributed by atoms with Crippen molar-refractivity contribution < 1.29 is 43.4 Å². The van der Waals surface area contributed by atoms with Crippen LogP contribution >= 0.6 is 0 Å². The van der Waals surface area contributed by atoms with Crippen molar-refractivity contribution in [1.29, 1.82) is 0 Å². The zero-order valence-electron chi connectivity index (χ0n) is 19.9. The third kappa shape index (κ3) is 2.47. The van der Waals surface area contributed by atoms with Crippen molar-refractivity contribution in [3.63, 3.8) is 0 Å². The van der Waals surface area contributed by atoms with Gasteiger partial charge in [0.1, 0.15) is 12.2 Å². The Morgan fingerprint density at radius 1 is 1.14 bits per heavy atom. The van der Waals surface area contributed by atoms with Crippen molar-refractivity contribution in [2.45, 2.75) is 54.3 Å².